The van der Waals surface area contributed by atoms with Crippen LogP contribution in [0.15, 0.2) is 36.4 Å². The Bertz CT molecular complexity index is 683. The van der Waals surface area contributed by atoms with Gasteiger partial charge in [-0.3, -0.25) is 0 Å². The molecule has 0 spiro atoms. The van der Waals surface area contributed by atoms with E-state index in [1.807, 2.05) is 0 Å². The molecule has 2 aromatic rings. The molecule has 1 heterocycles. The lowest BCUT2D eigenvalue weighted by atomic mass is 10.0. The number of carbonyl (C=O) groups is 1. The summed E-state index contributed by atoms with van der Waals surface area (Å²) in [5, 5.41) is 0. The summed E-state index contributed by atoms with van der Waals surface area (Å²) >= 11 is 0. The number of aromatic nitrogens is 1. The summed E-state index contributed by atoms with van der Waals surface area (Å²) in [6.07, 6.45) is -4.66. The van der Waals surface area contributed by atoms with Gasteiger partial charge in [0.1, 0.15) is 17.2 Å². The highest BCUT2D eigenvalue weighted by Gasteiger charge is 2.34. The van der Waals surface area contributed by atoms with E-state index >= 15 is 0 Å². The van der Waals surface area contributed by atoms with E-state index in [1.54, 1.807) is 0 Å². The molecule has 7 heteroatoms. The topological polar surface area (TPSA) is 39.2 Å². The minimum Gasteiger partial charge on any atom is -0.464 e. The third kappa shape index (κ3) is 3.01. The number of halogens is 4. The molecular weight excluding hydrogens is 290 g/mol. The van der Waals surface area contributed by atoms with Crippen LogP contribution in [0.5, 0.6) is 0 Å². The van der Waals surface area contributed by atoms with Gasteiger partial charge >= 0.3 is 12.1 Å². The molecule has 0 amide bonds. The van der Waals surface area contributed by atoms with E-state index in [0.717, 1.165) is 31.4 Å². The van der Waals surface area contributed by atoms with Gasteiger partial charge in [0, 0.05) is 5.56 Å². The summed E-state index contributed by atoms with van der Waals surface area (Å²) in [7, 11) is 1.09. The molecule has 3 nitrogen and oxygen atoms in total. The second kappa shape index (κ2) is 5.51. The van der Waals surface area contributed by atoms with Gasteiger partial charge in [0.25, 0.3) is 0 Å². The van der Waals surface area contributed by atoms with Crippen LogP contribution >= 0.6 is 0 Å². The second-order valence-electron chi connectivity index (χ2n) is 4.06. The molecule has 0 N–H and O–H groups in total. The van der Waals surface area contributed by atoms with Crippen molar-refractivity contribution < 1.29 is 27.1 Å². The van der Waals surface area contributed by atoms with Gasteiger partial charge in [0.2, 0.25) is 0 Å². The molecule has 0 atom stereocenters. The van der Waals surface area contributed by atoms with Crippen molar-refractivity contribution >= 4 is 5.97 Å². The number of rotatable bonds is 2. The van der Waals surface area contributed by atoms with Crippen molar-refractivity contribution in [2.24, 2.45) is 0 Å². The number of hydrogen-bond donors (Lipinski definition) is 0. The highest BCUT2D eigenvalue weighted by molar-refractivity contribution is 5.88. The summed E-state index contributed by atoms with van der Waals surface area (Å²) in [6.45, 7) is 0. The molecule has 0 radical (unpaired) electrons. The van der Waals surface area contributed by atoms with Gasteiger partial charge in [-0.15, -0.1) is 0 Å². The molecule has 21 heavy (non-hydrogen) atoms. The zero-order valence-electron chi connectivity index (χ0n) is 10.7. The average Bonchev–Trinajstić information content (AvgIpc) is 2.46. The SMILES string of the molecule is COC(=O)c1ccc(F)c(-c2ccccc2C(F)(F)F)n1. The second-order valence-corrected chi connectivity index (χ2v) is 4.06. The Morgan fingerprint density at radius 2 is 1.81 bits per heavy atom. The van der Waals surface area contributed by atoms with Crippen LogP contribution in [0.3, 0.4) is 0 Å². The molecule has 0 fully saturated rings. The van der Waals surface area contributed by atoms with Crippen molar-refractivity contribution in [1.29, 1.82) is 0 Å². The maximum absolute atomic E-state index is 13.8. The number of carbonyl (C=O) groups excluding carboxylic acids is 1. The molecule has 0 saturated heterocycles. The number of pyridine rings is 1. The van der Waals surface area contributed by atoms with Crippen LogP contribution in [0, 0.1) is 5.82 Å². The molecule has 1 aromatic heterocycles. The lowest BCUT2D eigenvalue weighted by Gasteiger charge is -2.13. The van der Waals surface area contributed by atoms with Crippen molar-refractivity contribution in [3.05, 3.63) is 53.5 Å². The fourth-order valence-electron chi connectivity index (χ4n) is 1.79. The van der Waals surface area contributed by atoms with Gasteiger partial charge in [-0.1, -0.05) is 18.2 Å². The Hall–Kier alpha value is -2.44. The Labute approximate surface area is 117 Å². The Balaban J connectivity index is 2.65. The van der Waals surface area contributed by atoms with E-state index in [-0.39, 0.29) is 5.69 Å². The standard InChI is InChI=1S/C14H9F4NO2/c1-21-13(20)11-7-6-10(15)12(19-11)8-4-2-3-5-9(8)14(16,17)18/h2-7H,1H3. The maximum atomic E-state index is 13.8. The highest BCUT2D eigenvalue weighted by Crippen LogP contribution is 2.37. The summed E-state index contributed by atoms with van der Waals surface area (Å²) in [5.41, 5.74) is -2.29. The minimum atomic E-state index is -4.66. The molecular formula is C14H9F4NO2. The summed E-state index contributed by atoms with van der Waals surface area (Å²) in [5.74, 6) is -1.82. The molecule has 0 aliphatic rings. The lowest BCUT2D eigenvalue weighted by molar-refractivity contribution is -0.137. The highest BCUT2D eigenvalue weighted by atomic mass is 19.4. The minimum absolute atomic E-state index is 0.272. The lowest BCUT2D eigenvalue weighted by Crippen LogP contribution is -2.10. The van der Waals surface area contributed by atoms with Crippen LogP contribution < -0.4 is 0 Å². The van der Waals surface area contributed by atoms with Crippen LogP contribution in [0.2, 0.25) is 0 Å². The van der Waals surface area contributed by atoms with Gasteiger partial charge < -0.3 is 4.74 Å². The Morgan fingerprint density at radius 3 is 2.43 bits per heavy atom. The van der Waals surface area contributed by atoms with Crippen LogP contribution in [0.1, 0.15) is 16.1 Å². The number of methoxy groups -OCH3 is 1. The smallest absolute Gasteiger partial charge is 0.417 e. The van der Waals surface area contributed by atoms with Gasteiger partial charge in [-0.25, -0.2) is 14.2 Å². The van der Waals surface area contributed by atoms with Crippen molar-refractivity contribution in [2.75, 3.05) is 7.11 Å². The van der Waals surface area contributed by atoms with E-state index in [9.17, 15) is 22.4 Å². The Kier molecular flexibility index (Phi) is 3.93. The zero-order chi connectivity index (χ0) is 15.6. The van der Waals surface area contributed by atoms with Crippen LogP contribution in [-0.2, 0) is 10.9 Å². The number of esters is 1. The quantitative estimate of drug-likeness (QED) is 0.627. The van der Waals surface area contributed by atoms with Gasteiger partial charge in [-0.05, 0) is 18.2 Å². The number of benzene rings is 1. The number of alkyl halides is 3. The predicted octanol–water partition coefficient (Wildman–Crippen LogP) is 3.69. The molecule has 0 aliphatic heterocycles. The first-order chi connectivity index (χ1) is 9.84. The zero-order valence-corrected chi connectivity index (χ0v) is 10.7. The number of nitrogens with zero attached hydrogens (tertiary/aromatic N) is 1. The fourth-order valence-corrected chi connectivity index (χ4v) is 1.79. The summed E-state index contributed by atoms with van der Waals surface area (Å²) < 4.78 is 57.1. The third-order valence-corrected chi connectivity index (χ3v) is 2.73. The first-order valence-electron chi connectivity index (χ1n) is 5.76. The van der Waals surface area contributed by atoms with Crippen molar-refractivity contribution in [3.8, 4) is 11.3 Å². The molecule has 0 bridgehead atoms. The van der Waals surface area contributed by atoms with Crippen molar-refractivity contribution in [3.63, 3.8) is 0 Å². The Morgan fingerprint density at radius 1 is 1.14 bits per heavy atom. The predicted molar refractivity (Wildman–Crippen MR) is 66.0 cm³/mol. The van der Waals surface area contributed by atoms with E-state index in [2.05, 4.69) is 9.72 Å². The molecule has 0 aliphatic carbocycles. The summed E-state index contributed by atoms with van der Waals surface area (Å²) in [6, 6.07) is 6.35. The first kappa shape index (κ1) is 15.0. The van der Waals surface area contributed by atoms with Gasteiger partial charge in [0.05, 0.1) is 12.7 Å². The normalized spacial score (nSPS) is 11.3. The third-order valence-electron chi connectivity index (χ3n) is 2.73. The largest absolute Gasteiger partial charge is 0.464 e. The molecule has 2 rings (SSSR count). The van der Waals surface area contributed by atoms with Crippen molar-refractivity contribution in [1.82, 2.24) is 4.98 Å². The van der Waals surface area contributed by atoms with Gasteiger partial charge in [-0.2, -0.15) is 13.2 Å². The van der Waals surface area contributed by atoms with Crippen LogP contribution in [0.4, 0.5) is 17.6 Å². The number of hydrogen-bond acceptors (Lipinski definition) is 3. The summed E-state index contributed by atoms with van der Waals surface area (Å²) in [4.78, 5) is 15.0. The van der Waals surface area contributed by atoms with E-state index in [1.165, 1.54) is 12.1 Å². The van der Waals surface area contributed by atoms with Gasteiger partial charge in [0.15, 0.2) is 0 Å². The van der Waals surface area contributed by atoms with E-state index in [4.69, 9.17) is 0 Å². The average molecular weight is 299 g/mol. The first-order valence-corrected chi connectivity index (χ1v) is 5.76. The van der Waals surface area contributed by atoms with E-state index < -0.39 is 34.8 Å². The van der Waals surface area contributed by atoms with Crippen molar-refractivity contribution in [2.45, 2.75) is 6.18 Å². The monoisotopic (exact) mass is 299 g/mol. The van der Waals surface area contributed by atoms with Crippen LogP contribution in [-0.4, -0.2) is 18.1 Å². The van der Waals surface area contributed by atoms with Crippen LogP contribution in [0.25, 0.3) is 11.3 Å². The molecule has 1 aromatic carbocycles. The fraction of sp³-hybridized carbons (Fsp3) is 0.143. The maximum Gasteiger partial charge on any atom is 0.417 e. The molecule has 110 valence electrons. The van der Waals surface area contributed by atoms with E-state index in [0.29, 0.717) is 0 Å². The molecule has 0 unspecified atom stereocenters. The number of ether oxygens (including phenoxy) is 1. The molecule has 0 saturated carbocycles.